The van der Waals surface area contributed by atoms with E-state index in [0.717, 1.165) is 0 Å². The third-order valence-corrected chi connectivity index (χ3v) is 3.80. The number of amides is 1. The minimum Gasteiger partial charge on any atom is -0.481 e. The van der Waals surface area contributed by atoms with Crippen molar-refractivity contribution in [2.45, 2.75) is 38.9 Å². The molecule has 0 bridgehead atoms. The zero-order chi connectivity index (χ0) is 14.0. The summed E-state index contributed by atoms with van der Waals surface area (Å²) in [6.45, 7) is 4.97. The maximum atomic E-state index is 12.5. The van der Waals surface area contributed by atoms with E-state index in [1.54, 1.807) is 4.90 Å². The molecule has 0 radical (unpaired) electrons. The van der Waals surface area contributed by atoms with Gasteiger partial charge in [0.1, 0.15) is 0 Å². The number of carbonyl (C=O) groups is 2. The quantitative estimate of drug-likeness (QED) is 0.766. The van der Waals surface area contributed by atoms with Gasteiger partial charge >= 0.3 is 5.97 Å². The Labute approximate surface area is 113 Å². The number of nitrogens with zero attached hydrogens (tertiary/aromatic N) is 1. The highest BCUT2D eigenvalue weighted by atomic mass is 16.5. The van der Waals surface area contributed by atoms with Gasteiger partial charge in [0.2, 0.25) is 5.91 Å². The molecular formula is C14H21NO4. The van der Waals surface area contributed by atoms with Crippen molar-refractivity contribution < 1.29 is 19.4 Å². The Bertz CT molecular complexity index is 383. The Hall–Kier alpha value is -1.36. The van der Waals surface area contributed by atoms with Gasteiger partial charge in [-0.2, -0.15) is 0 Å². The van der Waals surface area contributed by atoms with E-state index in [0.29, 0.717) is 25.9 Å². The molecule has 1 saturated heterocycles. The van der Waals surface area contributed by atoms with Crippen LogP contribution in [-0.2, 0) is 14.3 Å². The van der Waals surface area contributed by atoms with E-state index in [1.165, 1.54) is 0 Å². The number of morpholine rings is 1. The highest BCUT2D eigenvalue weighted by molar-refractivity contribution is 5.85. The Balaban J connectivity index is 2.09. The van der Waals surface area contributed by atoms with Gasteiger partial charge in [-0.25, -0.2) is 0 Å². The lowest BCUT2D eigenvalue weighted by Gasteiger charge is -2.38. The summed E-state index contributed by atoms with van der Waals surface area (Å²) >= 11 is 0. The highest BCUT2D eigenvalue weighted by Gasteiger charge is 2.38. The van der Waals surface area contributed by atoms with Crippen LogP contribution in [0.5, 0.6) is 0 Å². The van der Waals surface area contributed by atoms with Crippen molar-refractivity contribution in [2.24, 2.45) is 11.8 Å². The van der Waals surface area contributed by atoms with Crippen molar-refractivity contribution in [1.29, 1.82) is 0 Å². The second kappa shape index (κ2) is 5.74. The van der Waals surface area contributed by atoms with Gasteiger partial charge in [-0.05, 0) is 26.7 Å². The molecule has 0 spiro atoms. The molecule has 4 atom stereocenters. The average Bonchev–Trinajstić information content (AvgIpc) is 2.36. The molecule has 0 aromatic rings. The van der Waals surface area contributed by atoms with Crippen LogP contribution in [0.15, 0.2) is 12.2 Å². The van der Waals surface area contributed by atoms with E-state index in [4.69, 9.17) is 4.74 Å². The molecule has 106 valence electrons. The molecule has 5 nitrogen and oxygen atoms in total. The fraction of sp³-hybridized carbons (Fsp3) is 0.714. The lowest BCUT2D eigenvalue weighted by atomic mass is 9.82. The molecular weight excluding hydrogens is 246 g/mol. The number of carbonyl (C=O) groups excluding carboxylic acids is 1. The van der Waals surface area contributed by atoms with Gasteiger partial charge < -0.3 is 14.7 Å². The van der Waals surface area contributed by atoms with E-state index in [1.807, 2.05) is 26.0 Å². The second-order valence-corrected chi connectivity index (χ2v) is 5.49. The van der Waals surface area contributed by atoms with Crippen LogP contribution in [-0.4, -0.2) is 47.2 Å². The van der Waals surface area contributed by atoms with Gasteiger partial charge in [0, 0.05) is 13.1 Å². The standard InChI is InChI=1S/C14H21NO4/c1-9-7-15(8-10(2)19-9)13(16)11-5-3-4-6-12(11)14(17)18/h3-4,9-12H,5-8H2,1-2H3,(H,17,18)/t9-,10+,11-,12+/m1/s1. The average molecular weight is 267 g/mol. The molecule has 19 heavy (non-hydrogen) atoms. The van der Waals surface area contributed by atoms with Gasteiger partial charge in [-0.3, -0.25) is 9.59 Å². The summed E-state index contributed by atoms with van der Waals surface area (Å²) in [4.78, 5) is 25.5. The van der Waals surface area contributed by atoms with E-state index >= 15 is 0 Å². The molecule has 1 amide bonds. The van der Waals surface area contributed by atoms with Gasteiger partial charge in [0.25, 0.3) is 0 Å². The van der Waals surface area contributed by atoms with Gasteiger partial charge in [-0.15, -0.1) is 0 Å². The molecule has 1 N–H and O–H groups in total. The van der Waals surface area contributed by atoms with Crippen molar-refractivity contribution in [3.05, 3.63) is 12.2 Å². The Morgan fingerprint density at radius 2 is 1.63 bits per heavy atom. The number of aliphatic carboxylic acids is 1. The highest BCUT2D eigenvalue weighted by Crippen LogP contribution is 2.28. The Morgan fingerprint density at radius 1 is 1.11 bits per heavy atom. The molecule has 5 heteroatoms. The Morgan fingerprint density at radius 3 is 2.16 bits per heavy atom. The summed E-state index contributed by atoms with van der Waals surface area (Å²) in [6, 6.07) is 0. The molecule has 1 aliphatic carbocycles. The predicted molar refractivity (Wildman–Crippen MR) is 69.6 cm³/mol. The normalized spacial score (nSPS) is 35.2. The summed E-state index contributed by atoms with van der Waals surface area (Å²) in [5.74, 6) is -1.94. The maximum Gasteiger partial charge on any atom is 0.307 e. The van der Waals surface area contributed by atoms with E-state index in [-0.39, 0.29) is 18.1 Å². The Kier molecular flexibility index (Phi) is 4.24. The summed E-state index contributed by atoms with van der Waals surface area (Å²) in [6.07, 6.45) is 4.75. The number of carboxylic acid groups (broad SMARTS) is 1. The largest absolute Gasteiger partial charge is 0.481 e. The minimum absolute atomic E-state index is 0.00936. The predicted octanol–water partition coefficient (Wildman–Crippen LogP) is 1.29. The van der Waals surface area contributed by atoms with Crippen LogP contribution in [0.25, 0.3) is 0 Å². The maximum absolute atomic E-state index is 12.5. The second-order valence-electron chi connectivity index (χ2n) is 5.49. The van der Waals surface area contributed by atoms with Crippen molar-refractivity contribution in [1.82, 2.24) is 4.90 Å². The molecule has 2 aliphatic rings. The number of rotatable bonds is 2. The van der Waals surface area contributed by atoms with Gasteiger partial charge in [0.15, 0.2) is 0 Å². The third-order valence-electron chi connectivity index (χ3n) is 3.80. The lowest BCUT2D eigenvalue weighted by Crippen LogP contribution is -2.51. The van der Waals surface area contributed by atoms with Crippen molar-refractivity contribution >= 4 is 11.9 Å². The molecule has 0 saturated carbocycles. The summed E-state index contributed by atoms with van der Waals surface area (Å²) < 4.78 is 5.60. The number of ether oxygens (including phenoxy) is 1. The summed E-state index contributed by atoms with van der Waals surface area (Å²) in [7, 11) is 0. The van der Waals surface area contributed by atoms with Crippen molar-refractivity contribution in [2.75, 3.05) is 13.1 Å². The lowest BCUT2D eigenvalue weighted by molar-refractivity contribution is -0.156. The number of allylic oxidation sites excluding steroid dienone is 2. The van der Waals surface area contributed by atoms with Crippen molar-refractivity contribution in [3.63, 3.8) is 0 Å². The van der Waals surface area contributed by atoms with Crippen LogP contribution in [0.1, 0.15) is 26.7 Å². The molecule has 0 aromatic heterocycles. The minimum atomic E-state index is -0.878. The van der Waals surface area contributed by atoms with Crippen LogP contribution in [0.4, 0.5) is 0 Å². The monoisotopic (exact) mass is 267 g/mol. The molecule has 0 unspecified atom stereocenters. The molecule has 1 aliphatic heterocycles. The summed E-state index contributed by atoms with van der Waals surface area (Å²) in [5.41, 5.74) is 0. The van der Waals surface area contributed by atoms with Gasteiger partial charge in [-0.1, -0.05) is 12.2 Å². The van der Waals surface area contributed by atoms with Crippen LogP contribution in [0, 0.1) is 11.8 Å². The van der Waals surface area contributed by atoms with E-state index in [2.05, 4.69) is 0 Å². The SMILES string of the molecule is C[C@@H]1CN(C(=O)[C@@H]2CC=CC[C@@H]2C(=O)O)C[C@H](C)O1. The molecule has 0 aromatic carbocycles. The zero-order valence-electron chi connectivity index (χ0n) is 11.4. The summed E-state index contributed by atoms with van der Waals surface area (Å²) in [5, 5.41) is 9.23. The fourth-order valence-electron chi connectivity index (χ4n) is 2.95. The topological polar surface area (TPSA) is 66.8 Å². The van der Waals surface area contributed by atoms with Crippen LogP contribution in [0.2, 0.25) is 0 Å². The number of carboxylic acids is 1. The fourth-order valence-corrected chi connectivity index (χ4v) is 2.95. The number of hydrogen-bond donors (Lipinski definition) is 1. The first-order valence-corrected chi connectivity index (χ1v) is 6.81. The van der Waals surface area contributed by atoms with Crippen LogP contribution in [0.3, 0.4) is 0 Å². The molecule has 1 heterocycles. The third kappa shape index (κ3) is 3.15. The van der Waals surface area contributed by atoms with Crippen LogP contribution < -0.4 is 0 Å². The zero-order valence-corrected chi connectivity index (χ0v) is 11.4. The van der Waals surface area contributed by atoms with E-state index < -0.39 is 17.8 Å². The van der Waals surface area contributed by atoms with Crippen LogP contribution >= 0.6 is 0 Å². The number of hydrogen-bond acceptors (Lipinski definition) is 3. The first-order chi connectivity index (χ1) is 8.99. The van der Waals surface area contributed by atoms with Gasteiger partial charge in [0.05, 0.1) is 24.0 Å². The molecule has 1 fully saturated rings. The molecule has 2 rings (SSSR count). The first-order valence-electron chi connectivity index (χ1n) is 6.81. The van der Waals surface area contributed by atoms with Crippen molar-refractivity contribution in [3.8, 4) is 0 Å². The smallest absolute Gasteiger partial charge is 0.307 e. The first kappa shape index (κ1) is 14.1. The van der Waals surface area contributed by atoms with E-state index in [9.17, 15) is 14.7 Å².